The maximum Gasteiger partial charge on any atom is 0.265 e. The number of fused-ring (bicyclic) bond motifs is 1. The topological polar surface area (TPSA) is 94.2 Å². The molecule has 4 rings (SSSR count). The van der Waals surface area contributed by atoms with E-state index in [9.17, 15) is 14.4 Å². The Morgan fingerprint density at radius 2 is 2.03 bits per heavy atom. The van der Waals surface area contributed by atoms with Crippen LogP contribution in [0.2, 0.25) is 0 Å². The summed E-state index contributed by atoms with van der Waals surface area (Å²) in [6.45, 7) is 4.59. The summed E-state index contributed by atoms with van der Waals surface area (Å²) in [4.78, 5) is 39.1. The van der Waals surface area contributed by atoms with Crippen molar-refractivity contribution in [1.82, 2.24) is 5.32 Å². The third-order valence-corrected chi connectivity index (χ3v) is 5.77. The van der Waals surface area contributed by atoms with E-state index >= 15 is 0 Å². The lowest BCUT2D eigenvalue weighted by molar-refractivity contribution is -0.125. The van der Waals surface area contributed by atoms with Crippen molar-refractivity contribution >= 4 is 23.3 Å². The second-order valence-corrected chi connectivity index (χ2v) is 8.37. The Bertz CT molecular complexity index is 1060. The highest BCUT2D eigenvalue weighted by atomic mass is 16.5. The molecule has 1 unspecified atom stereocenters. The number of nitrogens with zero attached hydrogens (tertiary/aromatic N) is 1. The normalized spacial score (nSPS) is 17.3. The lowest BCUT2D eigenvalue weighted by Gasteiger charge is -2.29. The van der Waals surface area contributed by atoms with E-state index < -0.39 is 0 Å². The molecule has 2 aromatic carbocycles. The Hall–Kier alpha value is -3.39. The predicted octanol–water partition coefficient (Wildman–Crippen LogP) is 2.59. The molecule has 2 aliphatic rings. The summed E-state index contributed by atoms with van der Waals surface area (Å²) in [6.07, 6.45) is 1.91. The van der Waals surface area contributed by atoms with Gasteiger partial charge in [-0.15, -0.1) is 0 Å². The van der Waals surface area contributed by atoms with Crippen LogP contribution >= 0.6 is 0 Å². The number of amides is 2. The van der Waals surface area contributed by atoms with Crippen LogP contribution in [0.3, 0.4) is 0 Å². The predicted molar refractivity (Wildman–Crippen MR) is 122 cm³/mol. The minimum absolute atomic E-state index is 0.0167. The van der Waals surface area contributed by atoms with Gasteiger partial charge in [0.15, 0.2) is 19.0 Å². The molecule has 1 saturated heterocycles. The van der Waals surface area contributed by atoms with Gasteiger partial charge in [0.1, 0.15) is 18.0 Å². The molecule has 8 nitrogen and oxygen atoms in total. The second-order valence-electron chi connectivity index (χ2n) is 8.37. The van der Waals surface area contributed by atoms with Gasteiger partial charge in [0.25, 0.3) is 5.91 Å². The van der Waals surface area contributed by atoms with Crippen molar-refractivity contribution in [2.75, 3.05) is 37.8 Å². The number of nitrogens with one attached hydrogen (secondary N) is 1. The molecule has 1 N–H and O–H groups in total. The van der Waals surface area contributed by atoms with Crippen molar-refractivity contribution in [1.29, 1.82) is 0 Å². The minimum atomic E-state index is -0.342. The Labute approximate surface area is 192 Å². The molecule has 0 aliphatic carbocycles. The summed E-state index contributed by atoms with van der Waals surface area (Å²) >= 11 is 0. The van der Waals surface area contributed by atoms with E-state index in [1.807, 2.05) is 32.0 Å². The van der Waals surface area contributed by atoms with Crippen LogP contribution in [0.25, 0.3) is 0 Å². The minimum Gasteiger partial charge on any atom is -0.485 e. The first-order valence-electron chi connectivity index (χ1n) is 11.1. The van der Waals surface area contributed by atoms with Gasteiger partial charge in [-0.05, 0) is 56.5 Å². The first-order chi connectivity index (χ1) is 15.9. The molecule has 0 spiro atoms. The van der Waals surface area contributed by atoms with Crippen molar-refractivity contribution < 1.29 is 28.6 Å². The highest BCUT2D eigenvalue weighted by Crippen LogP contribution is 2.33. The number of Topliss-reactive ketones (excluding diaryl/α,β-unsaturated/α-hetero) is 1. The van der Waals surface area contributed by atoms with Crippen molar-refractivity contribution in [3.8, 4) is 11.5 Å². The van der Waals surface area contributed by atoms with Gasteiger partial charge in [-0.3, -0.25) is 19.3 Å². The molecule has 0 saturated carbocycles. The molecule has 1 fully saturated rings. The van der Waals surface area contributed by atoms with Crippen molar-refractivity contribution in [2.45, 2.75) is 32.8 Å². The number of rotatable bonds is 8. The summed E-state index contributed by atoms with van der Waals surface area (Å²) in [5.41, 5.74) is 2.84. The summed E-state index contributed by atoms with van der Waals surface area (Å²) in [5.74, 6) is 0.231. The van der Waals surface area contributed by atoms with Crippen LogP contribution in [0.15, 0.2) is 36.4 Å². The van der Waals surface area contributed by atoms with Crippen LogP contribution in [0, 0.1) is 13.8 Å². The number of carbonyl (C=O) groups excluding carboxylic acids is 3. The third kappa shape index (κ3) is 5.51. The molecule has 33 heavy (non-hydrogen) atoms. The maximum atomic E-state index is 12.8. The van der Waals surface area contributed by atoms with E-state index in [1.165, 1.54) is 4.90 Å². The zero-order valence-corrected chi connectivity index (χ0v) is 18.9. The SMILES string of the molecule is Cc1ccc(OCC(=O)c2ccc3c(c2)N(CC(=O)NCC2CCCO2)C(=O)CO3)c(C)c1. The number of benzene rings is 2. The number of hydrogen-bond donors (Lipinski definition) is 1. The standard InChI is InChI=1S/C25H28N2O6/c1-16-5-7-22(17(2)10-16)32-14-21(28)18-6-8-23-20(11-18)27(25(30)15-33-23)13-24(29)26-12-19-4-3-9-31-19/h5-8,10-11,19H,3-4,9,12-15H2,1-2H3,(H,26,29). The van der Waals surface area contributed by atoms with Crippen molar-refractivity contribution in [3.05, 3.63) is 53.1 Å². The van der Waals surface area contributed by atoms with Gasteiger partial charge in [-0.25, -0.2) is 0 Å². The summed E-state index contributed by atoms with van der Waals surface area (Å²) in [6, 6.07) is 10.6. The molecule has 0 radical (unpaired) electrons. The number of carbonyl (C=O) groups is 3. The molecule has 174 valence electrons. The van der Waals surface area contributed by atoms with E-state index in [-0.39, 0.29) is 43.5 Å². The van der Waals surface area contributed by atoms with Crippen molar-refractivity contribution in [3.63, 3.8) is 0 Å². The van der Waals surface area contributed by atoms with E-state index in [2.05, 4.69) is 5.32 Å². The first kappa shape index (κ1) is 22.8. The lowest BCUT2D eigenvalue weighted by Crippen LogP contribution is -2.46. The smallest absolute Gasteiger partial charge is 0.265 e. The van der Waals surface area contributed by atoms with E-state index in [0.29, 0.717) is 35.9 Å². The summed E-state index contributed by atoms with van der Waals surface area (Å²) in [5, 5.41) is 2.82. The van der Waals surface area contributed by atoms with Crippen LogP contribution in [0.4, 0.5) is 5.69 Å². The van der Waals surface area contributed by atoms with Gasteiger partial charge in [-0.1, -0.05) is 17.7 Å². The number of hydrogen-bond acceptors (Lipinski definition) is 6. The quantitative estimate of drug-likeness (QED) is 0.619. The largest absolute Gasteiger partial charge is 0.485 e. The molecule has 2 aliphatic heterocycles. The number of aryl methyl sites for hydroxylation is 2. The fourth-order valence-corrected chi connectivity index (χ4v) is 3.97. The highest BCUT2D eigenvalue weighted by molar-refractivity contribution is 6.04. The lowest BCUT2D eigenvalue weighted by atomic mass is 10.1. The molecular formula is C25H28N2O6. The third-order valence-electron chi connectivity index (χ3n) is 5.77. The Morgan fingerprint density at radius 3 is 2.79 bits per heavy atom. The summed E-state index contributed by atoms with van der Waals surface area (Å²) in [7, 11) is 0. The van der Waals surface area contributed by atoms with E-state index in [0.717, 1.165) is 24.0 Å². The maximum absolute atomic E-state index is 12.8. The molecule has 0 bridgehead atoms. The fraction of sp³-hybridized carbons (Fsp3) is 0.400. The van der Waals surface area contributed by atoms with Gasteiger partial charge >= 0.3 is 0 Å². The number of ether oxygens (including phenoxy) is 3. The molecule has 1 atom stereocenters. The zero-order chi connectivity index (χ0) is 23.4. The highest BCUT2D eigenvalue weighted by Gasteiger charge is 2.29. The number of ketones is 1. The first-order valence-corrected chi connectivity index (χ1v) is 11.1. The van der Waals surface area contributed by atoms with Crippen LogP contribution in [-0.2, 0) is 14.3 Å². The zero-order valence-electron chi connectivity index (χ0n) is 18.9. The molecule has 2 aromatic rings. The van der Waals surface area contributed by atoms with Gasteiger partial charge in [0, 0.05) is 18.7 Å². The molecular weight excluding hydrogens is 424 g/mol. The molecule has 8 heteroatoms. The van der Waals surface area contributed by atoms with Gasteiger partial charge < -0.3 is 19.5 Å². The van der Waals surface area contributed by atoms with Crippen LogP contribution in [0.5, 0.6) is 11.5 Å². The fourth-order valence-electron chi connectivity index (χ4n) is 3.97. The van der Waals surface area contributed by atoms with Gasteiger partial charge in [-0.2, -0.15) is 0 Å². The molecule has 2 amide bonds. The van der Waals surface area contributed by atoms with Crippen molar-refractivity contribution in [2.24, 2.45) is 0 Å². The van der Waals surface area contributed by atoms with Gasteiger partial charge in [0.05, 0.1) is 11.8 Å². The molecule has 2 heterocycles. The Kier molecular flexibility index (Phi) is 6.93. The summed E-state index contributed by atoms with van der Waals surface area (Å²) < 4.78 is 16.7. The van der Waals surface area contributed by atoms with Crippen LogP contribution in [0.1, 0.15) is 34.3 Å². The Balaban J connectivity index is 1.43. The monoisotopic (exact) mass is 452 g/mol. The van der Waals surface area contributed by atoms with E-state index in [1.54, 1.807) is 18.2 Å². The van der Waals surface area contributed by atoms with Gasteiger partial charge in [0.2, 0.25) is 5.91 Å². The van der Waals surface area contributed by atoms with Crippen LogP contribution in [-0.4, -0.2) is 56.6 Å². The average Bonchev–Trinajstić information content (AvgIpc) is 3.32. The van der Waals surface area contributed by atoms with E-state index in [4.69, 9.17) is 14.2 Å². The second kappa shape index (κ2) is 10.0. The Morgan fingerprint density at radius 1 is 1.18 bits per heavy atom. The van der Waals surface area contributed by atoms with Crippen LogP contribution < -0.4 is 19.7 Å². The average molecular weight is 453 g/mol. The molecule has 0 aromatic heterocycles. The number of anilines is 1.